The molecule has 0 atom stereocenters. The van der Waals surface area contributed by atoms with E-state index < -0.39 is 5.41 Å². The highest BCUT2D eigenvalue weighted by atomic mass is 16.3. The van der Waals surface area contributed by atoms with Gasteiger partial charge in [0.1, 0.15) is 11.2 Å². The Morgan fingerprint density at radius 3 is 1.54 bits per heavy atom. The van der Waals surface area contributed by atoms with Gasteiger partial charge in [-0.05, 0) is 116 Å². The van der Waals surface area contributed by atoms with E-state index in [0.717, 1.165) is 61.3 Å². The minimum absolute atomic E-state index is 0.482. The minimum atomic E-state index is -0.482. The summed E-state index contributed by atoms with van der Waals surface area (Å²) in [6.45, 7) is 0. The molecule has 57 heavy (non-hydrogen) atoms. The highest BCUT2D eigenvalue weighted by Gasteiger charge is 2.46. The summed E-state index contributed by atoms with van der Waals surface area (Å²) in [5.74, 6) is 0. The third-order valence-corrected chi connectivity index (χ3v) is 11.7. The molecule has 0 spiro atoms. The molecule has 0 unspecified atom stereocenters. The fraction of sp³-hybridized carbons (Fsp3) is 0.0182. The van der Waals surface area contributed by atoms with Gasteiger partial charge >= 0.3 is 0 Å². The summed E-state index contributed by atoms with van der Waals surface area (Å²) in [6, 6.07) is 81.0. The van der Waals surface area contributed by atoms with Crippen LogP contribution in [0.4, 0.5) is 17.1 Å². The predicted octanol–water partition coefficient (Wildman–Crippen LogP) is 14.8. The molecule has 268 valence electrons. The number of fused-ring (bicyclic) bond motifs is 6. The Labute approximate surface area is 332 Å². The van der Waals surface area contributed by atoms with Gasteiger partial charge in [-0.25, -0.2) is 0 Å². The van der Waals surface area contributed by atoms with Crippen LogP contribution in [0.2, 0.25) is 0 Å². The third kappa shape index (κ3) is 5.26. The van der Waals surface area contributed by atoms with E-state index >= 15 is 0 Å². The van der Waals surface area contributed by atoms with Crippen LogP contribution in [-0.2, 0) is 5.41 Å². The zero-order chi connectivity index (χ0) is 37.8. The Balaban J connectivity index is 1.04. The second-order valence-electron chi connectivity index (χ2n) is 14.8. The first-order chi connectivity index (χ1) is 28.3. The molecule has 0 N–H and O–H groups in total. The number of benzene rings is 9. The van der Waals surface area contributed by atoms with Crippen LogP contribution in [-0.4, -0.2) is 0 Å². The topological polar surface area (TPSA) is 16.4 Å². The van der Waals surface area contributed by atoms with Crippen molar-refractivity contribution in [3.8, 4) is 33.4 Å². The van der Waals surface area contributed by atoms with Gasteiger partial charge in [-0.3, -0.25) is 0 Å². The molecule has 1 aliphatic carbocycles. The lowest BCUT2D eigenvalue weighted by Crippen LogP contribution is -2.28. The minimum Gasteiger partial charge on any atom is -0.456 e. The predicted molar refractivity (Wildman–Crippen MR) is 237 cm³/mol. The van der Waals surface area contributed by atoms with Crippen molar-refractivity contribution in [2.45, 2.75) is 5.41 Å². The van der Waals surface area contributed by atoms with Crippen LogP contribution >= 0.6 is 0 Å². The van der Waals surface area contributed by atoms with E-state index in [4.69, 9.17) is 4.42 Å². The second kappa shape index (κ2) is 13.4. The summed E-state index contributed by atoms with van der Waals surface area (Å²) >= 11 is 0. The molecule has 10 aromatic rings. The maximum atomic E-state index is 6.63. The van der Waals surface area contributed by atoms with Crippen LogP contribution in [0.15, 0.2) is 229 Å². The summed E-state index contributed by atoms with van der Waals surface area (Å²) < 4.78 is 6.63. The number of hydrogen-bond acceptors (Lipinski definition) is 2. The van der Waals surface area contributed by atoms with E-state index in [1.54, 1.807) is 0 Å². The zero-order valence-electron chi connectivity index (χ0n) is 31.2. The molecule has 0 amide bonds. The fourth-order valence-electron chi connectivity index (χ4n) is 9.28. The van der Waals surface area contributed by atoms with Gasteiger partial charge in [0.25, 0.3) is 0 Å². The first-order valence-electron chi connectivity index (χ1n) is 19.6. The molecule has 0 radical (unpaired) electrons. The van der Waals surface area contributed by atoms with Crippen LogP contribution in [0.25, 0.3) is 55.3 Å². The smallest absolute Gasteiger partial charge is 0.136 e. The standard InChI is InChI=1S/C55H37NO/c1-4-18-41(19-5-1)55(50-27-12-10-24-47(50)48-25-11-13-28-51(48)55)42-32-35-52-49(37-42)54-46(26-15-29-53(54)57-52)40-17-14-16-39(36-40)38-30-33-45(34-31-38)56(43-20-6-2-7-21-43)44-22-8-3-9-23-44/h1-37H. The molecule has 0 bridgehead atoms. The number of para-hydroxylation sites is 2. The average molecular weight is 728 g/mol. The highest BCUT2D eigenvalue weighted by molar-refractivity contribution is 6.13. The summed E-state index contributed by atoms with van der Waals surface area (Å²) in [6.07, 6.45) is 0. The second-order valence-corrected chi connectivity index (χ2v) is 14.8. The van der Waals surface area contributed by atoms with Gasteiger partial charge in [0, 0.05) is 27.8 Å². The van der Waals surface area contributed by atoms with Crippen LogP contribution in [0.1, 0.15) is 22.3 Å². The van der Waals surface area contributed by atoms with Gasteiger partial charge in [-0.1, -0.05) is 164 Å². The molecule has 0 aliphatic heterocycles. The molecule has 2 nitrogen and oxygen atoms in total. The Kier molecular flexibility index (Phi) is 7.75. The molecule has 0 fully saturated rings. The summed E-state index contributed by atoms with van der Waals surface area (Å²) in [7, 11) is 0. The highest BCUT2D eigenvalue weighted by Crippen LogP contribution is 2.56. The third-order valence-electron chi connectivity index (χ3n) is 11.7. The van der Waals surface area contributed by atoms with Gasteiger partial charge in [0.05, 0.1) is 5.41 Å². The van der Waals surface area contributed by atoms with E-state index in [9.17, 15) is 0 Å². The van der Waals surface area contributed by atoms with Crippen molar-refractivity contribution in [1.82, 2.24) is 0 Å². The quantitative estimate of drug-likeness (QED) is 0.163. The Hall–Kier alpha value is -7.42. The SMILES string of the molecule is c1ccc(N(c2ccccc2)c2ccc(-c3cccc(-c4cccc5oc6ccc(C7(c8ccccc8)c8ccccc8-c8ccccc87)cc6c45)c3)cc2)cc1. The van der Waals surface area contributed by atoms with Gasteiger partial charge in [-0.2, -0.15) is 0 Å². The molecule has 0 saturated heterocycles. The molecule has 0 saturated carbocycles. The van der Waals surface area contributed by atoms with Crippen LogP contribution in [0.5, 0.6) is 0 Å². The fourth-order valence-corrected chi connectivity index (χ4v) is 9.28. The lowest BCUT2D eigenvalue weighted by molar-refractivity contribution is 0.668. The number of nitrogens with zero attached hydrogens (tertiary/aromatic N) is 1. The van der Waals surface area contributed by atoms with Gasteiger partial charge in [0.15, 0.2) is 0 Å². The summed E-state index contributed by atoms with van der Waals surface area (Å²) in [5, 5.41) is 2.25. The maximum absolute atomic E-state index is 6.63. The van der Waals surface area contributed by atoms with Crippen LogP contribution in [0.3, 0.4) is 0 Å². The zero-order valence-corrected chi connectivity index (χ0v) is 31.2. The van der Waals surface area contributed by atoms with Gasteiger partial charge in [0.2, 0.25) is 0 Å². The largest absolute Gasteiger partial charge is 0.456 e. The number of anilines is 3. The molecule has 1 aromatic heterocycles. The molecule has 11 rings (SSSR count). The van der Waals surface area contributed by atoms with E-state index in [1.807, 2.05) is 0 Å². The van der Waals surface area contributed by atoms with Crippen molar-refractivity contribution >= 4 is 39.0 Å². The first-order valence-corrected chi connectivity index (χ1v) is 19.6. The maximum Gasteiger partial charge on any atom is 0.136 e. The normalized spacial score (nSPS) is 12.7. The van der Waals surface area contributed by atoms with Gasteiger partial charge in [-0.15, -0.1) is 0 Å². The Bertz CT molecular complexity index is 2970. The first kappa shape index (κ1) is 33.0. The van der Waals surface area contributed by atoms with E-state index in [-0.39, 0.29) is 0 Å². The Morgan fingerprint density at radius 2 is 0.877 bits per heavy atom. The van der Waals surface area contributed by atoms with Crippen LogP contribution in [0, 0.1) is 0 Å². The molecular weight excluding hydrogens is 691 g/mol. The van der Waals surface area contributed by atoms with Crippen molar-refractivity contribution < 1.29 is 4.42 Å². The van der Waals surface area contributed by atoms with Gasteiger partial charge < -0.3 is 9.32 Å². The summed E-state index contributed by atoms with van der Waals surface area (Å²) in [4.78, 5) is 2.30. The Morgan fingerprint density at radius 1 is 0.333 bits per heavy atom. The van der Waals surface area contributed by atoms with Crippen molar-refractivity contribution in [3.63, 3.8) is 0 Å². The number of hydrogen-bond donors (Lipinski definition) is 0. The lowest BCUT2D eigenvalue weighted by Gasteiger charge is -2.33. The lowest BCUT2D eigenvalue weighted by atomic mass is 9.67. The molecule has 2 heteroatoms. The van der Waals surface area contributed by atoms with Crippen molar-refractivity contribution in [2.24, 2.45) is 0 Å². The van der Waals surface area contributed by atoms with E-state index in [1.165, 1.54) is 33.4 Å². The molecule has 9 aromatic carbocycles. The van der Waals surface area contributed by atoms with Crippen molar-refractivity contribution in [1.29, 1.82) is 0 Å². The molecule has 1 aliphatic rings. The van der Waals surface area contributed by atoms with E-state index in [2.05, 4.69) is 229 Å². The molecule has 1 heterocycles. The van der Waals surface area contributed by atoms with Crippen molar-refractivity contribution in [2.75, 3.05) is 4.90 Å². The number of furan rings is 1. The van der Waals surface area contributed by atoms with E-state index in [0.29, 0.717) is 0 Å². The number of rotatable bonds is 7. The van der Waals surface area contributed by atoms with Crippen LogP contribution < -0.4 is 4.90 Å². The molecular formula is C55H37NO. The monoisotopic (exact) mass is 727 g/mol. The van der Waals surface area contributed by atoms with Crippen molar-refractivity contribution in [3.05, 3.63) is 247 Å². The summed E-state index contributed by atoms with van der Waals surface area (Å²) in [5.41, 5.74) is 16.9. The average Bonchev–Trinajstić information content (AvgIpc) is 3.82.